The molecule has 1 rings (SSSR count). The van der Waals surface area contributed by atoms with Crippen LogP contribution in [-0.2, 0) is 4.79 Å². The lowest BCUT2D eigenvalue weighted by Gasteiger charge is -2.23. The van der Waals surface area contributed by atoms with E-state index < -0.39 is 0 Å². The van der Waals surface area contributed by atoms with Crippen LogP contribution in [0.15, 0.2) is 0 Å². The first-order chi connectivity index (χ1) is 9.26. The molecule has 0 aromatic rings. The minimum absolute atomic E-state index is 0.159. The van der Waals surface area contributed by atoms with E-state index in [4.69, 9.17) is 5.11 Å². The van der Waals surface area contributed by atoms with Crippen molar-refractivity contribution in [2.45, 2.75) is 64.3 Å². The average molecular weight is 270 g/mol. The third-order valence-electron chi connectivity index (χ3n) is 3.95. The molecule has 112 valence electrons. The number of carbonyl (C=O) groups is 1. The van der Waals surface area contributed by atoms with Gasteiger partial charge in [0.05, 0.1) is 0 Å². The van der Waals surface area contributed by atoms with Gasteiger partial charge in [-0.05, 0) is 44.6 Å². The van der Waals surface area contributed by atoms with Gasteiger partial charge in [0, 0.05) is 25.6 Å². The summed E-state index contributed by atoms with van der Waals surface area (Å²) in [6, 6.07) is 0.531. The molecule has 2 atom stereocenters. The van der Waals surface area contributed by atoms with Crippen molar-refractivity contribution in [3.8, 4) is 0 Å². The standard InChI is InChI=1S/C15H30N2O2/c1-2-5-13(9-11-18)12-17-15(19)8-7-14-6-3-4-10-16-14/h13-14,16,18H,2-12H2,1H3,(H,17,19). The second-order valence-corrected chi connectivity index (χ2v) is 5.66. The average Bonchev–Trinajstić information content (AvgIpc) is 2.44. The Kier molecular flexibility index (Phi) is 8.84. The van der Waals surface area contributed by atoms with Crippen LogP contribution in [-0.4, -0.2) is 36.8 Å². The van der Waals surface area contributed by atoms with Gasteiger partial charge in [0.1, 0.15) is 0 Å². The number of aliphatic hydroxyl groups is 1. The molecule has 0 aromatic heterocycles. The third kappa shape index (κ3) is 7.53. The second kappa shape index (κ2) is 10.2. The molecule has 1 aliphatic rings. The fourth-order valence-corrected chi connectivity index (χ4v) is 2.76. The predicted octanol–water partition coefficient (Wildman–Crippen LogP) is 1.82. The highest BCUT2D eigenvalue weighted by Gasteiger charge is 2.14. The van der Waals surface area contributed by atoms with Crippen molar-refractivity contribution in [1.82, 2.24) is 10.6 Å². The van der Waals surface area contributed by atoms with E-state index in [1.165, 1.54) is 19.3 Å². The lowest BCUT2D eigenvalue weighted by Crippen LogP contribution is -2.36. The van der Waals surface area contributed by atoms with E-state index >= 15 is 0 Å². The minimum Gasteiger partial charge on any atom is -0.396 e. The molecular weight excluding hydrogens is 240 g/mol. The molecule has 0 aliphatic carbocycles. The maximum absolute atomic E-state index is 11.8. The lowest BCUT2D eigenvalue weighted by molar-refractivity contribution is -0.121. The summed E-state index contributed by atoms with van der Waals surface area (Å²) >= 11 is 0. The highest BCUT2D eigenvalue weighted by Crippen LogP contribution is 2.12. The summed E-state index contributed by atoms with van der Waals surface area (Å²) in [4.78, 5) is 11.8. The van der Waals surface area contributed by atoms with Gasteiger partial charge in [0.15, 0.2) is 0 Å². The number of rotatable bonds is 9. The van der Waals surface area contributed by atoms with Gasteiger partial charge in [-0.1, -0.05) is 19.8 Å². The van der Waals surface area contributed by atoms with Crippen LogP contribution in [0.5, 0.6) is 0 Å². The van der Waals surface area contributed by atoms with E-state index in [1.807, 2.05) is 0 Å². The molecule has 1 saturated heterocycles. The summed E-state index contributed by atoms with van der Waals surface area (Å²) in [6.45, 7) is 4.17. The number of nitrogens with one attached hydrogen (secondary N) is 2. The fraction of sp³-hybridized carbons (Fsp3) is 0.933. The Balaban J connectivity index is 2.11. The van der Waals surface area contributed by atoms with E-state index in [-0.39, 0.29) is 12.5 Å². The van der Waals surface area contributed by atoms with Crippen molar-refractivity contribution in [2.24, 2.45) is 5.92 Å². The van der Waals surface area contributed by atoms with Gasteiger partial charge in [-0.15, -0.1) is 0 Å². The Bertz CT molecular complexity index is 234. The van der Waals surface area contributed by atoms with Crippen LogP contribution in [0.4, 0.5) is 0 Å². The molecule has 0 radical (unpaired) electrons. The summed E-state index contributed by atoms with van der Waals surface area (Å²) in [6.07, 6.45) is 8.29. The van der Waals surface area contributed by atoms with Crippen molar-refractivity contribution in [3.63, 3.8) is 0 Å². The van der Waals surface area contributed by atoms with Crippen LogP contribution >= 0.6 is 0 Å². The molecule has 1 aliphatic heterocycles. The van der Waals surface area contributed by atoms with E-state index in [2.05, 4.69) is 17.6 Å². The first kappa shape index (κ1) is 16.4. The van der Waals surface area contributed by atoms with Gasteiger partial charge in [-0.25, -0.2) is 0 Å². The summed E-state index contributed by atoms with van der Waals surface area (Å²) in [5, 5.41) is 15.5. The number of piperidine rings is 1. The van der Waals surface area contributed by atoms with Gasteiger partial charge in [-0.3, -0.25) is 4.79 Å². The first-order valence-electron chi connectivity index (χ1n) is 7.87. The Hall–Kier alpha value is -0.610. The molecule has 1 heterocycles. The van der Waals surface area contributed by atoms with Gasteiger partial charge < -0.3 is 15.7 Å². The normalized spacial score (nSPS) is 21.1. The third-order valence-corrected chi connectivity index (χ3v) is 3.95. The largest absolute Gasteiger partial charge is 0.396 e. The Morgan fingerprint density at radius 2 is 2.26 bits per heavy atom. The Morgan fingerprint density at radius 1 is 1.42 bits per heavy atom. The van der Waals surface area contributed by atoms with E-state index in [0.717, 1.165) is 32.2 Å². The van der Waals surface area contributed by atoms with Crippen molar-refractivity contribution in [3.05, 3.63) is 0 Å². The van der Waals surface area contributed by atoms with Gasteiger partial charge in [0.2, 0.25) is 5.91 Å². The van der Waals surface area contributed by atoms with Crippen molar-refractivity contribution >= 4 is 5.91 Å². The zero-order chi connectivity index (χ0) is 13.9. The van der Waals surface area contributed by atoms with Crippen LogP contribution in [0.1, 0.15) is 58.3 Å². The van der Waals surface area contributed by atoms with Crippen molar-refractivity contribution in [1.29, 1.82) is 0 Å². The highest BCUT2D eigenvalue weighted by molar-refractivity contribution is 5.75. The van der Waals surface area contributed by atoms with Crippen LogP contribution < -0.4 is 10.6 Å². The fourth-order valence-electron chi connectivity index (χ4n) is 2.76. The number of carbonyl (C=O) groups excluding carboxylic acids is 1. The number of amides is 1. The molecular formula is C15H30N2O2. The highest BCUT2D eigenvalue weighted by atomic mass is 16.3. The summed E-state index contributed by atoms with van der Waals surface area (Å²) < 4.78 is 0. The monoisotopic (exact) mass is 270 g/mol. The smallest absolute Gasteiger partial charge is 0.220 e. The topological polar surface area (TPSA) is 61.4 Å². The second-order valence-electron chi connectivity index (χ2n) is 5.66. The number of aliphatic hydroxyl groups excluding tert-OH is 1. The van der Waals surface area contributed by atoms with E-state index in [1.54, 1.807) is 0 Å². The predicted molar refractivity (Wildman–Crippen MR) is 78.0 cm³/mol. The molecule has 4 heteroatoms. The molecule has 1 fully saturated rings. The maximum Gasteiger partial charge on any atom is 0.220 e. The molecule has 4 nitrogen and oxygen atoms in total. The van der Waals surface area contributed by atoms with Gasteiger partial charge in [-0.2, -0.15) is 0 Å². The van der Waals surface area contributed by atoms with Crippen molar-refractivity contribution in [2.75, 3.05) is 19.7 Å². The zero-order valence-corrected chi connectivity index (χ0v) is 12.3. The van der Waals surface area contributed by atoms with Gasteiger partial charge in [0.25, 0.3) is 0 Å². The molecule has 0 spiro atoms. The molecule has 0 bridgehead atoms. The number of hydrogen-bond acceptors (Lipinski definition) is 3. The molecule has 0 saturated carbocycles. The SMILES string of the molecule is CCCC(CCO)CNC(=O)CCC1CCCCN1. The van der Waals surface area contributed by atoms with E-state index in [9.17, 15) is 4.79 Å². The zero-order valence-electron chi connectivity index (χ0n) is 12.3. The first-order valence-corrected chi connectivity index (χ1v) is 7.87. The summed E-state index contributed by atoms with van der Waals surface area (Å²) in [5.41, 5.74) is 0. The van der Waals surface area contributed by atoms with Crippen LogP contribution in [0.25, 0.3) is 0 Å². The van der Waals surface area contributed by atoms with Crippen LogP contribution in [0.3, 0.4) is 0 Å². The molecule has 2 unspecified atom stereocenters. The molecule has 3 N–H and O–H groups in total. The van der Waals surface area contributed by atoms with Crippen molar-refractivity contribution < 1.29 is 9.90 Å². The molecule has 0 aromatic carbocycles. The molecule has 1 amide bonds. The summed E-state index contributed by atoms with van der Waals surface area (Å²) in [5.74, 6) is 0.582. The minimum atomic E-state index is 0.159. The lowest BCUT2D eigenvalue weighted by atomic mass is 9.99. The summed E-state index contributed by atoms with van der Waals surface area (Å²) in [7, 11) is 0. The van der Waals surface area contributed by atoms with Crippen LogP contribution in [0.2, 0.25) is 0 Å². The Labute approximate surface area is 117 Å². The Morgan fingerprint density at radius 3 is 2.89 bits per heavy atom. The quantitative estimate of drug-likeness (QED) is 0.599. The number of hydrogen-bond donors (Lipinski definition) is 3. The molecule has 19 heavy (non-hydrogen) atoms. The van der Waals surface area contributed by atoms with Gasteiger partial charge >= 0.3 is 0 Å². The van der Waals surface area contributed by atoms with Crippen LogP contribution in [0, 0.1) is 5.92 Å². The van der Waals surface area contributed by atoms with E-state index in [0.29, 0.717) is 24.9 Å². The maximum atomic E-state index is 11.8.